The third kappa shape index (κ3) is 3.57. The van der Waals surface area contributed by atoms with Gasteiger partial charge in [-0.1, -0.05) is 56.1 Å². The van der Waals surface area contributed by atoms with Crippen molar-refractivity contribution in [2.75, 3.05) is 0 Å². The van der Waals surface area contributed by atoms with Crippen LogP contribution in [0.2, 0.25) is 0 Å². The van der Waals surface area contributed by atoms with Gasteiger partial charge in [-0.15, -0.1) is 0 Å². The van der Waals surface area contributed by atoms with Gasteiger partial charge in [0.2, 0.25) is 5.52 Å². The number of fused-ring (bicyclic) bond motifs is 1. The van der Waals surface area contributed by atoms with Crippen LogP contribution in [0.1, 0.15) is 55.3 Å². The van der Waals surface area contributed by atoms with Gasteiger partial charge in [-0.2, -0.15) is 4.57 Å². The van der Waals surface area contributed by atoms with Crippen LogP contribution in [0.4, 0.5) is 0 Å². The fourth-order valence-corrected chi connectivity index (χ4v) is 3.48. The number of rotatable bonds is 8. The number of nitrogens with zero attached hydrogens (tertiary/aromatic N) is 1. The van der Waals surface area contributed by atoms with Crippen LogP contribution in [0, 0.1) is 0 Å². The number of carboxylic acids is 1. The van der Waals surface area contributed by atoms with E-state index in [-0.39, 0.29) is 0 Å². The van der Waals surface area contributed by atoms with Crippen molar-refractivity contribution in [1.82, 2.24) is 0 Å². The van der Waals surface area contributed by atoms with E-state index in [4.69, 9.17) is 0 Å². The maximum Gasteiger partial charge on any atom is 0.285 e. The quantitative estimate of drug-likeness (QED) is 0.554. The molecule has 0 aliphatic carbocycles. The van der Waals surface area contributed by atoms with Crippen molar-refractivity contribution in [3.8, 4) is 0 Å². The first-order valence-corrected chi connectivity index (χ1v) is 8.18. The van der Waals surface area contributed by atoms with Gasteiger partial charge in [0.05, 0.1) is 0 Å². The Balaban J connectivity index is 2.04. The lowest BCUT2D eigenvalue weighted by molar-refractivity contribution is -0.671. The van der Waals surface area contributed by atoms with Crippen molar-refractivity contribution in [2.45, 2.75) is 52.0 Å². The number of benzene rings is 1. The van der Waals surface area contributed by atoms with Crippen LogP contribution in [-0.2, 0) is 6.54 Å². The van der Waals surface area contributed by atoms with Crippen LogP contribution in [0.25, 0.3) is 10.2 Å². The summed E-state index contributed by atoms with van der Waals surface area (Å²) in [6, 6.07) is 7.83. The maximum atomic E-state index is 11.2. The molecule has 108 valence electrons. The minimum atomic E-state index is -1.07. The average Bonchev–Trinajstić information content (AvgIpc) is 2.82. The molecule has 4 heteroatoms. The van der Waals surface area contributed by atoms with Crippen molar-refractivity contribution in [2.24, 2.45) is 0 Å². The Bertz CT molecular complexity index is 577. The number of aromatic nitrogens is 1. The molecule has 0 bridgehead atoms. The van der Waals surface area contributed by atoms with Crippen LogP contribution < -0.4 is 9.67 Å². The highest BCUT2D eigenvalue weighted by Gasteiger charge is 2.20. The fourth-order valence-electron chi connectivity index (χ4n) is 2.46. The molecular formula is C16H21NO2S. The third-order valence-corrected chi connectivity index (χ3v) is 4.66. The minimum Gasteiger partial charge on any atom is -0.539 e. The van der Waals surface area contributed by atoms with Crippen molar-refractivity contribution in [3.05, 3.63) is 29.3 Å². The maximum absolute atomic E-state index is 11.2. The predicted molar refractivity (Wildman–Crippen MR) is 79.7 cm³/mol. The number of carboxylic acid groups (broad SMARTS) is 1. The zero-order chi connectivity index (χ0) is 14.4. The van der Waals surface area contributed by atoms with Gasteiger partial charge in [-0.05, 0) is 12.5 Å². The van der Waals surface area contributed by atoms with E-state index in [2.05, 4.69) is 6.92 Å². The second-order valence-corrected chi connectivity index (χ2v) is 6.11. The molecule has 0 saturated heterocycles. The molecule has 3 nitrogen and oxygen atoms in total. The van der Waals surface area contributed by atoms with E-state index in [0.29, 0.717) is 5.01 Å². The fraction of sp³-hybridized carbons (Fsp3) is 0.500. The second-order valence-electron chi connectivity index (χ2n) is 5.08. The standard InChI is InChI=1S/C16H21NO2S/c1-2-3-4-5-6-9-12-17-13-10-7-8-11-14(13)20-15(17)16(18)19/h7-8,10-11H,2-6,9,12H2,1H3. The Morgan fingerprint density at radius 2 is 1.85 bits per heavy atom. The summed E-state index contributed by atoms with van der Waals surface area (Å²) >= 11 is 1.30. The Labute approximate surface area is 123 Å². The molecule has 0 atom stereocenters. The summed E-state index contributed by atoms with van der Waals surface area (Å²) in [5, 5.41) is 11.6. The van der Waals surface area contributed by atoms with Crippen molar-refractivity contribution < 1.29 is 14.5 Å². The first kappa shape index (κ1) is 15.0. The van der Waals surface area contributed by atoms with Crippen LogP contribution in [0.5, 0.6) is 0 Å². The van der Waals surface area contributed by atoms with Crippen molar-refractivity contribution in [3.63, 3.8) is 0 Å². The number of unbranched alkanes of at least 4 members (excludes halogenated alkanes) is 5. The average molecular weight is 291 g/mol. The highest BCUT2D eigenvalue weighted by Crippen LogP contribution is 2.20. The van der Waals surface area contributed by atoms with Gasteiger partial charge in [0, 0.05) is 12.5 Å². The molecular weight excluding hydrogens is 270 g/mol. The van der Waals surface area contributed by atoms with E-state index < -0.39 is 5.97 Å². The number of aryl methyl sites for hydroxylation is 1. The number of hydrogen-bond donors (Lipinski definition) is 0. The summed E-state index contributed by atoms with van der Waals surface area (Å²) in [5.41, 5.74) is 1.00. The highest BCUT2D eigenvalue weighted by atomic mass is 32.1. The van der Waals surface area contributed by atoms with E-state index in [1.165, 1.54) is 37.0 Å². The molecule has 0 aliphatic rings. The zero-order valence-electron chi connectivity index (χ0n) is 11.9. The van der Waals surface area contributed by atoms with E-state index in [1.807, 2.05) is 28.8 Å². The van der Waals surface area contributed by atoms with E-state index in [1.54, 1.807) is 0 Å². The Morgan fingerprint density at radius 3 is 2.60 bits per heavy atom. The first-order chi connectivity index (χ1) is 9.74. The lowest BCUT2D eigenvalue weighted by Gasteiger charge is -2.01. The zero-order valence-corrected chi connectivity index (χ0v) is 12.7. The number of aromatic carboxylic acids is 1. The van der Waals surface area contributed by atoms with Crippen LogP contribution in [0.3, 0.4) is 0 Å². The molecule has 0 aliphatic heterocycles. The third-order valence-electron chi connectivity index (χ3n) is 3.52. The Hall–Kier alpha value is -1.42. The molecule has 1 heterocycles. The summed E-state index contributed by atoms with van der Waals surface area (Å²) in [5.74, 6) is -1.07. The molecule has 0 amide bonds. The lowest BCUT2D eigenvalue weighted by atomic mass is 10.1. The van der Waals surface area contributed by atoms with Crippen molar-refractivity contribution in [1.29, 1.82) is 0 Å². The van der Waals surface area contributed by atoms with Gasteiger partial charge >= 0.3 is 0 Å². The number of carbonyl (C=O) groups excluding carboxylic acids is 1. The van der Waals surface area contributed by atoms with Gasteiger partial charge in [0.25, 0.3) is 5.01 Å². The Kier molecular flexibility index (Phi) is 5.53. The molecule has 2 rings (SSSR count). The monoisotopic (exact) mass is 291 g/mol. The Morgan fingerprint density at radius 1 is 1.15 bits per heavy atom. The summed E-state index contributed by atoms with van der Waals surface area (Å²) in [6.07, 6.45) is 7.23. The highest BCUT2D eigenvalue weighted by molar-refractivity contribution is 7.19. The molecule has 2 aromatic rings. The molecule has 0 fully saturated rings. The van der Waals surface area contributed by atoms with Gasteiger partial charge in [0.1, 0.15) is 4.70 Å². The largest absolute Gasteiger partial charge is 0.539 e. The molecule has 0 unspecified atom stereocenters. The molecule has 1 aromatic carbocycles. The molecule has 20 heavy (non-hydrogen) atoms. The molecule has 0 saturated carbocycles. The molecule has 0 radical (unpaired) electrons. The molecule has 0 spiro atoms. The first-order valence-electron chi connectivity index (χ1n) is 7.36. The number of hydrogen-bond acceptors (Lipinski definition) is 3. The second kappa shape index (κ2) is 7.39. The lowest BCUT2D eigenvalue weighted by Crippen LogP contribution is -2.42. The van der Waals surface area contributed by atoms with Gasteiger partial charge < -0.3 is 9.90 Å². The number of carbonyl (C=O) groups is 1. The smallest absolute Gasteiger partial charge is 0.285 e. The van der Waals surface area contributed by atoms with Gasteiger partial charge in [-0.3, -0.25) is 0 Å². The molecule has 1 aromatic heterocycles. The summed E-state index contributed by atoms with van der Waals surface area (Å²) in [7, 11) is 0. The predicted octanol–water partition coefficient (Wildman–Crippen LogP) is 2.91. The SMILES string of the molecule is CCCCCCCC[n+]1c(C(=O)[O-])sc2ccccc21. The van der Waals surface area contributed by atoms with Gasteiger partial charge in [-0.25, -0.2) is 0 Å². The van der Waals surface area contributed by atoms with Crippen molar-refractivity contribution >= 4 is 27.5 Å². The van der Waals surface area contributed by atoms with Gasteiger partial charge in [0.15, 0.2) is 12.5 Å². The van der Waals surface area contributed by atoms with Crippen LogP contribution >= 0.6 is 11.3 Å². The topological polar surface area (TPSA) is 44.0 Å². The van der Waals surface area contributed by atoms with Crippen LogP contribution in [0.15, 0.2) is 24.3 Å². The summed E-state index contributed by atoms with van der Waals surface area (Å²) < 4.78 is 2.91. The normalized spacial score (nSPS) is 11.1. The van der Waals surface area contributed by atoms with E-state index >= 15 is 0 Å². The van der Waals surface area contributed by atoms with Crippen LogP contribution in [-0.4, -0.2) is 5.97 Å². The number of thiazole rings is 1. The minimum absolute atomic E-state index is 0.333. The van der Waals surface area contributed by atoms with E-state index in [9.17, 15) is 9.90 Å². The van der Waals surface area contributed by atoms with E-state index in [0.717, 1.165) is 29.6 Å². The summed E-state index contributed by atoms with van der Waals surface area (Å²) in [4.78, 5) is 11.2. The molecule has 0 N–H and O–H groups in total. The summed E-state index contributed by atoms with van der Waals surface area (Å²) in [6.45, 7) is 2.97. The number of para-hydroxylation sites is 1.